The van der Waals surface area contributed by atoms with Crippen molar-refractivity contribution in [3.05, 3.63) is 33.3 Å². The van der Waals surface area contributed by atoms with Crippen molar-refractivity contribution in [2.45, 2.75) is 38.6 Å². The highest BCUT2D eigenvalue weighted by Crippen LogP contribution is 2.37. The SMILES string of the molecule is CC1CCC(N(C)c2cccc(Cl)c2[N+](=O)[O-])CC1. The molecule has 0 saturated heterocycles. The highest BCUT2D eigenvalue weighted by atomic mass is 35.5. The van der Waals surface area contributed by atoms with Gasteiger partial charge in [-0.1, -0.05) is 24.6 Å². The first kappa shape index (κ1) is 14.1. The summed E-state index contributed by atoms with van der Waals surface area (Å²) in [5.41, 5.74) is 0.641. The largest absolute Gasteiger partial charge is 0.366 e. The van der Waals surface area contributed by atoms with E-state index in [0.29, 0.717) is 11.7 Å². The van der Waals surface area contributed by atoms with Crippen LogP contribution in [0.2, 0.25) is 5.02 Å². The van der Waals surface area contributed by atoms with Crippen LogP contribution in [-0.4, -0.2) is 18.0 Å². The van der Waals surface area contributed by atoms with E-state index in [1.54, 1.807) is 18.2 Å². The van der Waals surface area contributed by atoms with E-state index in [2.05, 4.69) is 6.92 Å². The first-order chi connectivity index (χ1) is 9.00. The van der Waals surface area contributed by atoms with Crippen LogP contribution >= 0.6 is 11.6 Å². The minimum atomic E-state index is -0.389. The van der Waals surface area contributed by atoms with Gasteiger partial charge in [0.05, 0.1) is 4.92 Å². The van der Waals surface area contributed by atoms with Gasteiger partial charge < -0.3 is 4.90 Å². The lowest BCUT2D eigenvalue weighted by Crippen LogP contribution is -2.35. The zero-order valence-electron chi connectivity index (χ0n) is 11.3. The molecule has 2 rings (SSSR count). The van der Waals surface area contributed by atoms with Crippen molar-refractivity contribution in [2.24, 2.45) is 5.92 Å². The molecule has 1 aliphatic carbocycles. The third kappa shape index (κ3) is 3.00. The molecule has 1 aromatic rings. The molecule has 5 heteroatoms. The van der Waals surface area contributed by atoms with Gasteiger partial charge in [-0.25, -0.2) is 0 Å². The summed E-state index contributed by atoms with van der Waals surface area (Å²) in [5, 5.41) is 11.4. The number of hydrogen-bond acceptors (Lipinski definition) is 3. The van der Waals surface area contributed by atoms with Gasteiger partial charge in [-0.05, 0) is 43.7 Å². The lowest BCUT2D eigenvalue weighted by Gasteiger charge is -2.34. The molecule has 0 aromatic heterocycles. The topological polar surface area (TPSA) is 46.4 Å². The number of para-hydroxylation sites is 1. The molecule has 1 aliphatic rings. The number of hydrogen-bond donors (Lipinski definition) is 0. The molecule has 1 aromatic carbocycles. The third-order valence-electron chi connectivity index (χ3n) is 4.06. The van der Waals surface area contributed by atoms with Crippen molar-refractivity contribution >= 4 is 23.0 Å². The summed E-state index contributed by atoms with van der Waals surface area (Å²) in [4.78, 5) is 12.8. The number of anilines is 1. The van der Waals surface area contributed by atoms with E-state index < -0.39 is 0 Å². The van der Waals surface area contributed by atoms with Crippen LogP contribution in [0.25, 0.3) is 0 Å². The van der Waals surface area contributed by atoms with Crippen LogP contribution < -0.4 is 4.90 Å². The number of halogens is 1. The first-order valence-corrected chi connectivity index (χ1v) is 7.04. The fourth-order valence-electron chi connectivity index (χ4n) is 2.80. The van der Waals surface area contributed by atoms with Gasteiger partial charge in [0.15, 0.2) is 0 Å². The first-order valence-electron chi connectivity index (χ1n) is 6.66. The summed E-state index contributed by atoms with van der Waals surface area (Å²) in [5.74, 6) is 0.763. The number of nitro groups is 1. The maximum Gasteiger partial charge on any atom is 0.310 e. The molecular weight excluding hydrogens is 264 g/mol. The molecule has 4 nitrogen and oxygen atoms in total. The number of benzene rings is 1. The minimum absolute atomic E-state index is 0.0188. The minimum Gasteiger partial charge on any atom is -0.366 e. The van der Waals surface area contributed by atoms with Crippen LogP contribution in [0.4, 0.5) is 11.4 Å². The lowest BCUT2D eigenvalue weighted by atomic mass is 9.86. The summed E-state index contributed by atoms with van der Waals surface area (Å²) in [6.07, 6.45) is 4.54. The van der Waals surface area contributed by atoms with Crippen LogP contribution in [0, 0.1) is 16.0 Å². The Morgan fingerprint density at radius 3 is 2.53 bits per heavy atom. The van der Waals surface area contributed by atoms with Gasteiger partial charge in [-0.2, -0.15) is 0 Å². The second kappa shape index (κ2) is 5.78. The predicted octanol–water partition coefficient (Wildman–Crippen LogP) is 4.26. The van der Waals surface area contributed by atoms with Crippen molar-refractivity contribution in [1.29, 1.82) is 0 Å². The fourth-order valence-corrected chi connectivity index (χ4v) is 3.03. The molecule has 0 bridgehead atoms. The molecule has 1 fully saturated rings. The Hall–Kier alpha value is -1.29. The Balaban J connectivity index is 2.26. The molecule has 19 heavy (non-hydrogen) atoms. The Morgan fingerprint density at radius 2 is 1.95 bits per heavy atom. The lowest BCUT2D eigenvalue weighted by molar-refractivity contribution is -0.384. The van der Waals surface area contributed by atoms with Crippen LogP contribution in [0.3, 0.4) is 0 Å². The molecule has 0 atom stereocenters. The average Bonchev–Trinajstić information content (AvgIpc) is 2.38. The van der Waals surface area contributed by atoms with E-state index in [0.717, 1.165) is 18.8 Å². The van der Waals surface area contributed by atoms with Crippen LogP contribution in [0.5, 0.6) is 0 Å². The highest BCUT2D eigenvalue weighted by molar-refractivity contribution is 6.33. The Kier molecular flexibility index (Phi) is 4.30. The zero-order chi connectivity index (χ0) is 14.0. The summed E-state index contributed by atoms with van der Waals surface area (Å²) in [6.45, 7) is 2.26. The van der Waals surface area contributed by atoms with Crippen molar-refractivity contribution in [2.75, 3.05) is 11.9 Å². The van der Waals surface area contributed by atoms with Crippen LogP contribution in [0.15, 0.2) is 18.2 Å². The molecule has 0 N–H and O–H groups in total. The maximum absolute atomic E-state index is 11.2. The Labute approximate surface area is 118 Å². The quantitative estimate of drug-likeness (QED) is 0.614. The summed E-state index contributed by atoms with van der Waals surface area (Å²) in [7, 11) is 1.93. The van der Waals surface area contributed by atoms with Gasteiger partial charge in [0.1, 0.15) is 10.7 Å². The van der Waals surface area contributed by atoms with E-state index in [-0.39, 0.29) is 15.6 Å². The summed E-state index contributed by atoms with van der Waals surface area (Å²) < 4.78 is 0. The molecule has 0 unspecified atom stereocenters. The molecule has 0 amide bonds. The zero-order valence-corrected chi connectivity index (χ0v) is 12.1. The number of rotatable bonds is 3. The molecule has 0 radical (unpaired) electrons. The second-order valence-corrected chi connectivity index (χ2v) is 5.80. The van der Waals surface area contributed by atoms with E-state index in [4.69, 9.17) is 11.6 Å². The van der Waals surface area contributed by atoms with Crippen molar-refractivity contribution in [3.63, 3.8) is 0 Å². The Bertz CT molecular complexity index is 471. The summed E-state index contributed by atoms with van der Waals surface area (Å²) >= 11 is 5.96. The van der Waals surface area contributed by atoms with Gasteiger partial charge in [-0.15, -0.1) is 0 Å². The van der Waals surface area contributed by atoms with Gasteiger partial charge in [0.25, 0.3) is 0 Å². The highest BCUT2D eigenvalue weighted by Gasteiger charge is 2.27. The molecule has 0 aliphatic heterocycles. The van der Waals surface area contributed by atoms with Crippen LogP contribution in [-0.2, 0) is 0 Å². The Morgan fingerprint density at radius 1 is 1.32 bits per heavy atom. The fraction of sp³-hybridized carbons (Fsp3) is 0.571. The monoisotopic (exact) mass is 282 g/mol. The van der Waals surface area contributed by atoms with Gasteiger partial charge in [0, 0.05) is 13.1 Å². The number of nitrogens with zero attached hydrogens (tertiary/aromatic N) is 2. The van der Waals surface area contributed by atoms with Crippen molar-refractivity contribution in [1.82, 2.24) is 0 Å². The molecule has 0 spiro atoms. The van der Waals surface area contributed by atoms with Gasteiger partial charge in [0.2, 0.25) is 0 Å². The summed E-state index contributed by atoms with van der Waals surface area (Å²) in [6, 6.07) is 5.49. The maximum atomic E-state index is 11.2. The van der Waals surface area contributed by atoms with E-state index in [1.807, 2.05) is 11.9 Å². The third-order valence-corrected chi connectivity index (χ3v) is 4.37. The second-order valence-electron chi connectivity index (χ2n) is 5.39. The predicted molar refractivity (Wildman–Crippen MR) is 77.9 cm³/mol. The molecule has 104 valence electrons. The molecule has 1 saturated carbocycles. The normalized spacial score (nSPS) is 23.1. The van der Waals surface area contributed by atoms with Crippen molar-refractivity contribution in [3.8, 4) is 0 Å². The molecular formula is C14H19ClN2O2. The van der Waals surface area contributed by atoms with E-state index in [1.165, 1.54) is 12.8 Å². The van der Waals surface area contributed by atoms with Crippen LogP contribution in [0.1, 0.15) is 32.6 Å². The van der Waals surface area contributed by atoms with E-state index >= 15 is 0 Å². The smallest absolute Gasteiger partial charge is 0.310 e. The van der Waals surface area contributed by atoms with E-state index in [9.17, 15) is 10.1 Å². The van der Waals surface area contributed by atoms with Gasteiger partial charge >= 0.3 is 5.69 Å². The molecule has 0 heterocycles. The van der Waals surface area contributed by atoms with Gasteiger partial charge in [-0.3, -0.25) is 10.1 Å². The average molecular weight is 283 g/mol. The standard InChI is InChI=1S/C14H19ClN2O2/c1-10-6-8-11(9-7-10)16(2)13-5-3-4-12(15)14(13)17(18)19/h3-5,10-11H,6-9H2,1-2H3. The number of nitro benzene ring substituents is 1. The van der Waals surface area contributed by atoms with Crippen molar-refractivity contribution < 1.29 is 4.92 Å².